The van der Waals surface area contributed by atoms with Crippen LogP contribution in [0.3, 0.4) is 0 Å². The van der Waals surface area contributed by atoms with E-state index in [1.807, 2.05) is 48.5 Å². The van der Waals surface area contributed by atoms with Crippen LogP contribution in [0.5, 0.6) is 11.5 Å². The van der Waals surface area contributed by atoms with Gasteiger partial charge in [0.15, 0.2) is 11.5 Å². The lowest BCUT2D eigenvalue weighted by atomic mass is 10.1. The van der Waals surface area contributed by atoms with Gasteiger partial charge in [-0.1, -0.05) is 36.9 Å². The summed E-state index contributed by atoms with van der Waals surface area (Å²) in [6.07, 6.45) is 1.65. The van der Waals surface area contributed by atoms with Gasteiger partial charge in [0.1, 0.15) is 12.4 Å². The number of nitrogens with one attached hydrogen (secondary N) is 2. The zero-order chi connectivity index (χ0) is 20.9. The molecule has 0 saturated carbocycles. The maximum Gasteiger partial charge on any atom is 0.255 e. The molecule has 3 aromatic carbocycles. The second-order valence-corrected chi connectivity index (χ2v) is 6.57. The van der Waals surface area contributed by atoms with Crippen LogP contribution >= 0.6 is 0 Å². The van der Waals surface area contributed by atoms with E-state index in [0.29, 0.717) is 35.2 Å². The van der Waals surface area contributed by atoms with Gasteiger partial charge in [0.05, 0.1) is 23.8 Å². The number of benzene rings is 3. The van der Waals surface area contributed by atoms with E-state index < -0.39 is 0 Å². The number of carbonyl (C=O) groups is 1. The standard InChI is InChI=1S/C24H21N3O3/c1-3-14-30-21-13-12-16(15-22(21)29-2)24(28)27-18-9-5-4-8-17(18)23-25-19-10-6-7-11-20(19)26-23/h3-13,15H,1,14H2,2H3,(H,25,26)(H,27,28). The van der Waals surface area contributed by atoms with Gasteiger partial charge in [-0.3, -0.25) is 4.79 Å². The molecule has 30 heavy (non-hydrogen) atoms. The third-order valence-electron chi connectivity index (χ3n) is 4.60. The van der Waals surface area contributed by atoms with E-state index in [-0.39, 0.29) is 5.91 Å². The minimum atomic E-state index is -0.257. The van der Waals surface area contributed by atoms with E-state index in [1.54, 1.807) is 24.3 Å². The van der Waals surface area contributed by atoms with Crippen molar-refractivity contribution in [2.45, 2.75) is 0 Å². The average Bonchev–Trinajstić information content (AvgIpc) is 3.22. The van der Waals surface area contributed by atoms with Gasteiger partial charge in [0.2, 0.25) is 0 Å². The van der Waals surface area contributed by atoms with Gasteiger partial charge in [-0.25, -0.2) is 4.98 Å². The van der Waals surface area contributed by atoms with E-state index >= 15 is 0 Å². The molecule has 1 aromatic heterocycles. The highest BCUT2D eigenvalue weighted by atomic mass is 16.5. The monoisotopic (exact) mass is 399 g/mol. The first kappa shape index (κ1) is 19.3. The molecular formula is C24H21N3O3. The van der Waals surface area contributed by atoms with E-state index in [0.717, 1.165) is 16.6 Å². The van der Waals surface area contributed by atoms with Crippen molar-refractivity contribution in [3.05, 3.63) is 84.9 Å². The van der Waals surface area contributed by atoms with Crippen LogP contribution in [0.4, 0.5) is 5.69 Å². The van der Waals surface area contributed by atoms with Gasteiger partial charge in [0, 0.05) is 11.1 Å². The molecule has 0 unspecified atom stereocenters. The summed E-state index contributed by atoms with van der Waals surface area (Å²) in [5.41, 5.74) is 3.73. The fraction of sp³-hybridized carbons (Fsp3) is 0.0833. The maximum atomic E-state index is 12.9. The summed E-state index contributed by atoms with van der Waals surface area (Å²) in [6.45, 7) is 3.99. The van der Waals surface area contributed by atoms with Gasteiger partial charge in [0.25, 0.3) is 5.91 Å². The Morgan fingerprint density at radius 2 is 1.90 bits per heavy atom. The molecule has 0 saturated heterocycles. The fourth-order valence-electron chi connectivity index (χ4n) is 3.15. The molecule has 0 aliphatic heterocycles. The van der Waals surface area contributed by atoms with Crippen molar-refractivity contribution >= 4 is 22.6 Å². The number of hydrogen-bond donors (Lipinski definition) is 2. The predicted octanol–water partition coefficient (Wildman–Crippen LogP) is 5.06. The number of imidazole rings is 1. The fourth-order valence-corrected chi connectivity index (χ4v) is 3.15. The smallest absolute Gasteiger partial charge is 0.255 e. The van der Waals surface area contributed by atoms with Gasteiger partial charge in [-0.2, -0.15) is 0 Å². The summed E-state index contributed by atoms with van der Waals surface area (Å²) >= 11 is 0. The summed E-state index contributed by atoms with van der Waals surface area (Å²) in [5.74, 6) is 1.47. The Morgan fingerprint density at radius 3 is 2.70 bits per heavy atom. The van der Waals surface area contributed by atoms with Crippen LogP contribution in [-0.4, -0.2) is 29.6 Å². The number of methoxy groups -OCH3 is 1. The zero-order valence-electron chi connectivity index (χ0n) is 16.5. The molecule has 0 spiro atoms. The first-order valence-electron chi connectivity index (χ1n) is 9.47. The number of anilines is 1. The minimum Gasteiger partial charge on any atom is -0.493 e. The number of carbonyl (C=O) groups excluding carboxylic acids is 1. The molecule has 4 rings (SSSR count). The van der Waals surface area contributed by atoms with Crippen molar-refractivity contribution in [1.82, 2.24) is 9.97 Å². The Labute approximate surface area is 174 Å². The number of H-pyrrole nitrogens is 1. The molecule has 0 bridgehead atoms. The van der Waals surface area contributed by atoms with Crippen LogP contribution in [-0.2, 0) is 0 Å². The minimum absolute atomic E-state index is 0.257. The van der Waals surface area contributed by atoms with Crippen molar-refractivity contribution in [3.8, 4) is 22.9 Å². The summed E-state index contributed by atoms with van der Waals surface area (Å²) in [5, 5.41) is 2.97. The van der Waals surface area contributed by atoms with Crippen LogP contribution in [0.2, 0.25) is 0 Å². The molecule has 0 radical (unpaired) electrons. The topological polar surface area (TPSA) is 76.2 Å². The lowest BCUT2D eigenvalue weighted by Crippen LogP contribution is -2.13. The molecule has 6 heteroatoms. The number of rotatable bonds is 7. The van der Waals surface area contributed by atoms with E-state index in [4.69, 9.17) is 9.47 Å². The summed E-state index contributed by atoms with van der Waals surface area (Å²) in [4.78, 5) is 20.9. The van der Waals surface area contributed by atoms with Gasteiger partial charge >= 0.3 is 0 Å². The van der Waals surface area contributed by atoms with Crippen LogP contribution < -0.4 is 14.8 Å². The summed E-state index contributed by atoms with van der Waals surface area (Å²) in [7, 11) is 1.54. The molecule has 2 N–H and O–H groups in total. The Morgan fingerprint density at radius 1 is 1.10 bits per heavy atom. The first-order valence-corrected chi connectivity index (χ1v) is 9.47. The number of para-hydroxylation sites is 3. The normalized spacial score (nSPS) is 10.6. The van der Waals surface area contributed by atoms with Crippen LogP contribution in [0.25, 0.3) is 22.4 Å². The van der Waals surface area contributed by atoms with Crippen molar-refractivity contribution in [1.29, 1.82) is 0 Å². The number of nitrogens with zero attached hydrogens (tertiary/aromatic N) is 1. The third-order valence-corrected chi connectivity index (χ3v) is 4.60. The quantitative estimate of drug-likeness (QED) is 0.426. The third kappa shape index (κ3) is 3.89. The Bertz CT molecular complexity index is 1180. The molecule has 1 heterocycles. The second kappa shape index (κ2) is 8.53. The molecule has 4 aromatic rings. The number of aromatic amines is 1. The molecule has 6 nitrogen and oxygen atoms in total. The van der Waals surface area contributed by atoms with Crippen LogP contribution in [0, 0.1) is 0 Å². The highest BCUT2D eigenvalue weighted by molar-refractivity contribution is 6.06. The van der Waals surface area contributed by atoms with Gasteiger partial charge in [-0.15, -0.1) is 0 Å². The van der Waals surface area contributed by atoms with E-state index in [9.17, 15) is 4.79 Å². The van der Waals surface area contributed by atoms with Crippen molar-refractivity contribution in [3.63, 3.8) is 0 Å². The predicted molar refractivity (Wildman–Crippen MR) is 118 cm³/mol. The van der Waals surface area contributed by atoms with Gasteiger partial charge in [-0.05, 0) is 42.5 Å². The highest BCUT2D eigenvalue weighted by Gasteiger charge is 2.15. The van der Waals surface area contributed by atoms with E-state index in [1.165, 1.54) is 7.11 Å². The SMILES string of the molecule is C=CCOc1ccc(C(=O)Nc2ccccc2-c2nc3ccccc3[nH]2)cc1OC. The molecule has 0 atom stereocenters. The van der Waals surface area contributed by atoms with Gasteiger partial charge < -0.3 is 19.8 Å². The second-order valence-electron chi connectivity index (χ2n) is 6.57. The zero-order valence-corrected chi connectivity index (χ0v) is 16.5. The Kier molecular flexibility index (Phi) is 5.48. The number of fused-ring (bicyclic) bond motifs is 1. The lowest BCUT2D eigenvalue weighted by molar-refractivity contribution is 0.102. The summed E-state index contributed by atoms with van der Waals surface area (Å²) < 4.78 is 10.9. The Hall–Kier alpha value is -4.06. The van der Waals surface area contributed by atoms with E-state index in [2.05, 4.69) is 21.9 Å². The highest BCUT2D eigenvalue weighted by Crippen LogP contribution is 2.30. The Balaban J connectivity index is 1.62. The molecular weight excluding hydrogens is 378 g/mol. The van der Waals surface area contributed by atoms with Crippen LogP contribution in [0.1, 0.15) is 10.4 Å². The number of aromatic nitrogens is 2. The largest absolute Gasteiger partial charge is 0.493 e. The number of ether oxygens (including phenoxy) is 2. The average molecular weight is 399 g/mol. The van der Waals surface area contributed by atoms with Crippen LogP contribution in [0.15, 0.2) is 79.4 Å². The summed E-state index contributed by atoms with van der Waals surface area (Å²) in [6, 6.07) is 20.4. The van der Waals surface area contributed by atoms with Crippen molar-refractivity contribution in [2.75, 3.05) is 19.0 Å². The van der Waals surface area contributed by atoms with Crippen molar-refractivity contribution < 1.29 is 14.3 Å². The molecule has 0 aliphatic carbocycles. The van der Waals surface area contributed by atoms with Crippen molar-refractivity contribution in [2.24, 2.45) is 0 Å². The molecule has 1 amide bonds. The lowest BCUT2D eigenvalue weighted by Gasteiger charge is -2.12. The molecule has 0 aliphatic rings. The molecule has 150 valence electrons. The molecule has 0 fully saturated rings. The number of amides is 1. The first-order chi connectivity index (χ1) is 14.7. The number of hydrogen-bond acceptors (Lipinski definition) is 4. The maximum absolute atomic E-state index is 12.9.